The second-order valence-corrected chi connectivity index (χ2v) is 10.4. The maximum Gasteiger partial charge on any atom is 0.242 e. The standard InChI is InChI=1S/C24H31N3O6S/c1-14(2)23(24(29)25-18-11-19(32-5)13-20(12-18)33-6)26-34(30,31)21-7-8-22-17(10-21)9-15(3)27(22)16(4)28/h7-8,10-15,23,26H,9H2,1-6H3,(H,25,29)/t15-,23+/m1/s1. The SMILES string of the molecule is COc1cc(NC(=O)[C@@H](NS(=O)(=O)c2ccc3c(c2)C[C@@H](C)N3C(C)=O)C(C)C)cc(OC)c1. The Morgan fingerprint density at radius 2 is 1.68 bits per heavy atom. The van der Waals surface area contributed by atoms with Crippen molar-refractivity contribution in [1.29, 1.82) is 0 Å². The molecule has 2 atom stereocenters. The van der Waals surface area contributed by atoms with Crippen LogP contribution in [0.2, 0.25) is 0 Å². The van der Waals surface area contributed by atoms with Crippen LogP contribution in [0.4, 0.5) is 11.4 Å². The van der Waals surface area contributed by atoms with E-state index in [2.05, 4.69) is 10.0 Å². The minimum absolute atomic E-state index is 0.0466. The summed E-state index contributed by atoms with van der Waals surface area (Å²) in [6.07, 6.45) is 0.560. The lowest BCUT2D eigenvalue weighted by atomic mass is 10.0. The van der Waals surface area contributed by atoms with Crippen LogP contribution in [-0.2, 0) is 26.0 Å². The van der Waals surface area contributed by atoms with Gasteiger partial charge in [0.25, 0.3) is 0 Å². The Labute approximate surface area is 200 Å². The smallest absolute Gasteiger partial charge is 0.242 e. The van der Waals surface area contributed by atoms with Crippen LogP contribution in [0.3, 0.4) is 0 Å². The zero-order valence-corrected chi connectivity index (χ0v) is 21.0. The van der Waals surface area contributed by atoms with Crippen LogP contribution in [-0.4, -0.2) is 46.5 Å². The summed E-state index contributed by atoms with van der Waals surface area (Å²) in [5.74, 6) is 0.0497. The number of sulfonamides is 1. The quantitative estimate of drug-likeness (QED) is 0.589. The van der Waals surface area contributed by atoms with Crippen LogP contribution < -0.4 is 24.4 Å². The van der Waals surface area contributed by atoms with Crippen molar-refractivity contribution in [3.63, 3.8) is 0 Å². The molecule has 2 aromatic carbocycles. The molecular weight excluding hydrogens is 458 g/mol. The second kappa shape index (κ2) is 10.0. The first-order valence-electron chi connectivity index (χ1n) is 11.0. The topological polar surface area (TPSA) is 114 Å². The fourth-order valence-corrected chi connectivity index (χ4v) is 5.48. The molecule has 0 aliphatic carbocycles. The summed E-state index contributed by atoms with van der Waals surface area (Å²) in [5.41, 5.74) is 1.91. The number of methoxy groups -OCH3 is 2. The largest absolute Gasteiger partial charge is 0.497 e. The summed E-state index contributed by atoms with van der Waals surface area (Å²) in [6.45, 7) is 6.92. The van der Waals surface area contributed by atoms with E-state index in [4.69, 9.17) is 9.47 Å². The van der Waals surface area contributed by atoms with E-state index in [-0.39, 0.29) is 22.8 Å². The highest BCUT2D eigenvalue weighted by Gasteiger charge is 2.32. The van der Waals surface area contributed by atoms with E-state index in [9.17, 15) is 18.0 Å². The number of hydrogen-bond donors (Lipinski definition) is 2. The molecule has 10 heteroatoms. The van der Waals surface area contributed by atoms with Crippen molar-refractivity contribution in [2.75, 3.05) is 24.4 Å². The van der Waals surface area contributed by atoms with Gasteiger partial charge in [0.15, 0.2) is 0 Å². The molecule has 0 radical (unpaired) electrons. The molecule has 2 amide bonds. The molecule has 1 aliphatic heterocycles. The molecule has 1 heterocycles. The number of carbonyl (C=O) groups is 2. The summed E-state index contributed by atoms with van der Waals surface area (Å²) in [7, 11) is -1.01. The van der Waals surface area contributed by atoms with Crippen molar-refractivity contribution in [3.8, 4) is 11.5 Å². The molecule has 0 saturated heterocycles. The molecule has 34 heavy (non-hydrogen) atoms. The average Bonchev–Trinajstić information content (AvgIpc) is 3.11. The highest BCUT2D eigenvalue weighted by molar-refractivity contribution is 7.89. The summed E-state index contributed by atoms with van der Waals surface area (Å²) in [5, 5.41) is 2.74. The van der Waals surface area contributed by atoms with E-state index in [1.54, 1.807) is 49.1 Å². The van der Waals surface area contributed by atoms with Gasteiger partial charge in [-0.1, -0.05) is 13.8 Å². The van der Waals surface area contributed by atoms with Crippen LogP contribution in [0.15, 0.2) is 41.3 Å². The Morgan fingerprint density at radius 1 is 1.06 bits per heavy atom. The number of benzene rings is 2. The van der Waals surface area contributed by atoms with Crippen LogP contribution in [0.1, 0.15) is 33.3 Å². The molecule has 0 saturated carbocycles. The highest BCUT2D eigenvalue weighted by atomic mass is 32.2. The van der Waals surface area contributed by atoms with Gasteiger partial charge < -0.3 is 19.7 Å². The van der Waals surface area contributed by atoms with Gasteiger partial charge in [-0.3, -0.25) is 9.59 Å². The average molecular weight is 490 g/mol. The van der Waals surface area contributed by atoms with Gasteiger partial charge in [0, 0.05) is 42.5 Å². The third-order valence-electron chi connectivity index (χ3n) is 5.77. The zero-order chi connectivity index (χ0) is 25.2. The molecule has 9 nitrogen and oxygen atoms in total. The maximum absolute atomic E-state index is 13.2. The van der Waals surface area contributed by atoms with Crippen LogP contribution in [0, 0.1) is 5.92 Å². The third-order valence-corrected chi connectivity index (χ3v) is 7.21. The van der Waals surface area contributed by atoms with E-state index in [0.29, 0.717) is 29.3 Å². The lowest BCUT2D eigenvalue weighted by molar-refractivity contribution is -0.118. The summed E-state index contributed by atoms with van der Waals surface area (Å²) >= 11 is 0. The van der Waals surface area contributed by atoms with Gasteiger partial charge in [0.1, 0.15) is 17.5 Å². The lowest BCUT2D eigenvalue weighted by Gasteiger charge is -2.22. The molecule has 184 valence electrons. The van der Waals surface area contributed by atoms with Gasteiger partial charge in [-0.2, -0.15) is 4.72 Å². The van der Waals surface area contributed by atoms with E-state index < -0.39 is 22.0 Å². The molecule has 2 N–H and O–H groups in total. The van der Waals surface area contributed by atoms with Crippen molar-refractivity contribution in [2.45, 2.75) is 51.1 Å². The first-order valence-corrected chi connectivity index (χ1v) is 12.4. The monoisotopic (exact) mass is 489 g/mol. The number of hydrogen-bond acceptors (Lipinski definition) is 6. The zero-order valence-electron chi connectivity index (χ0n) is 20.2. The Bertz CT molecular complexity index is 1170. The normalized spacial score (nSPS) is 16.2. The van der Waals surface area contributed by atoms with E-state index in [0.717, 1.165) is 5.56 Å². The van der Waals surface area contributed by atoms with Gasteiger partial charge in [-0.05, 0) is 43.0 Å². The van der Waals surface area contributed by atoms with E-state index >= 15 is 0 Å². The first-order chi connectivity index (χ1) is 16.0. The van der Waals surface area contributed by atoms with Gasteiger partial charge >= 0.3 is 0 Å². The van der Waals surface area contributed by atoms with Crippen LogP contribution in [0.25, 0.3) is 0 Å². The molecule has 0 unspecified atom stereocenters. The van der Waals surface area contributed by atoms with Crippen molar-refractivity contribution < 1.29 is 27.5 Å². The molecule has 2 aromatic rings. The Hall–Kier alpha value is -3.11. The van der Waals surface area contributed by atoms with Gasteiger partial charge in [-0.25, -0.2) is 8.42 Å². The number of amides is 2. The second-order valence-electron chi connectivity index (χ2n) is 8.67. The molecule has 0 aromatic heterocycles. The Balaban J connectivity index is 1.84. The van der Waals surface area contributed by atoms with Crippen molar-refractivity contribution in [1.82, 2.24) is 4.72 Å². The minimum atomic E-state index is -4.01. The Kier molecular flexibility index (Phi) is 7.52. The van der Waals surface area contributed by atoms with Gasteiger partial charge in [-0.15, -0.1) is 0 Å². The van der Waals surface area contributed by atoms with Crippen LogP contribution >= 0.6 is 0 Å². The van der Waals surface area contributed by atoms with Crippen molar-refractivity contribution in [3.05, 3.63) is 42.0 Å². The molecule has 0 fully saturated rings. The predicted molar refractivity (Wildman–Crippen MR) is 130 cm³/mol. The fourth-order valence-electron chi connectivity index (χ4n) is 4.08. The van der Waals surface area contributed by atoms with Gasteiger partial charge in [0.05, 0.1) is 19.1 Å². The van der Waals surface area contributed by atoms with E-state index in [1.807, 2.05) is 6.92 Å². The predicted octanol–water partition coefficient (Wildman–Crippen LogP) is 2.94. The number of anilines is 2. The van der Waals surface area contributed by atoms with Crippen molar-refractivity contribution >= 4 is 33.2 Å². The van der Waals surface area contributed by atoms with E-state index in [1.165, 1.54) is 27.2 Å². The fraction of sp³-hybridized carbons (Fsp3) is 0.417. The summed E-state index contributed by atoms with van der Waals surface area (Å²) in [4.78, 5) is 26.7. The number of rotatable bonds is 8. The first kappa shape index (κ1) is 25.5. The Morgan fingerprint density at radius 3 is 2.21 bits per heavy atom. The number of carbonyl (C=O) groups excluding carboxylic acids is 2. The maximum atomic E-state index is 13.2. The molecular formula is C24H31N3O6S. The van der Waals surface area contributed by atoms with Crippen molar-refractivity contribution in [2.24, 2.45) is 5.92 Å². The molecule has 0 spiro atoms. The lowest BCUT2D eigenvalue weighted by Crippen LogP contribution is -2.47. The summed E-state index contributed by atoms with van der Waals surface area (Å²) < 4.78 is 39.4. The highest BCUT2D eigenvalue weighted by Crippen LogP contribution is 2.34. The number of nitrogens with one attached hydrogen (secondary N) is 2. The number of ether oxygens (including phenoxy) is 2. The number of fused-ring (bicyclic) bond motifs is 1. The number of nitrogens with zero attached hydrogens (tertiary/aromatic N) is 1. The molecule has 3 rings (SSSR count). The molecule has 1 aliphatic rings. The van der Waals surface area contributed by atoms with Gasteiger partial charge in [0.2, 0.25) is 21.8 Å². The summed E-state index contributed by atoms with van der Waals surface area (Å²) in [6, 6.07) is 8.50. The molecule has 0 bridgehead atoms. The van der Waals surface area contributed by atoms with Crippen LogP contribution in [0.5, 0.6) is 11.5 Å². The third kappa shape index (κ3) is 5.34. The minimum Gasteiger partial charge on any atom is -0.497 e.